The molecule has 4 heteroatoms. The molecule has 0 bridgehead atoms. The minimum atomic E-state index is -0.729. The number of carboxylic acid groups (broad SMARTS) is 1. The third-order valence-electron chi connectivity index (χ3n) is 3.18. The molecule has 1 aromatic rings. The van der Waals surface area contributed by atoms with Crippen LogP contribution in [0.15, 0.2) is 24.3 Å². The first-order chi connectivity index (χ1) is 7.58. The fourth-order valence-corrected chi connectivity index (χ4v) is 2.26. The summed E-state index contributed by atoms with van der Waals surface area (Å²) in [7, 11) is 1.93. The van der Waals surface area contributed by atoms with Gasteiger partial charge in [0, 0.05) is 12.6 Å². The second kappa shape index (κ2) is 4.14. The first-order valence-corrected chi connectivity index (χ1v) is 5.30. The van der Waals surface area contributed by atoms with Crippen molar-refractivity contribution in [2.45, 2.75) is 12.5 Å². The van der Waals surface area contributed by atoms with E-state index in [4.69, 9.17) is 5.11 Å². The summed E-state index contributed by atoms with van der Waals surface area (Å²) in [5.74, 6) is -0.781. The summed E-state index contributed by atoms with van der Waals surface area (Å²) >= 11 is 0. The number of aliphatic carboxylic acids is 1. The smallest absolute Gasteiger partial charge is 0.307 e. The Morgan fingerprint density at radius 3 is 2.50 bits per heavy atom. The van der Waals surface area contributed by atoms with Gasteiger partial charge in [-0.1, -0.05) is 12.1 Å². The number of nitrogens with zero attached hydrogens (tertiary/aromatic N) is 1. The van der Waals surface area contributed by atoms with Gasteiger partial charge in [0.2, 0.25) is 0 Å². The van der Waals surface area contributed by atoms with Crippen LogP contribution in [0, 0.1) is 5.92 Å². The number of hydrogen-bond donors (Lipinski definition) is 2. The minimum absolute atomic E-state index is 0.140. The molecule has 0 spiro atoms. The Morgan fingerprint density at radius 1 is 1.38 bits per heavy atom. The molecule has 1 aliphatic rings. The zero-order valence-electron chi connectivity index (χ0n) is 9.13. The molecule has 1 heterocycles. The van der Waals surface area contributed by atoms with Crippen LogP contribution in [0.3, 0.4) is 0 Å². The first kappa shape index (κ1) is 11.0. The average Bonchev–Trinajstić information content (AvgIpc) is 2.62. The average molecular weight is 221 g/mol. The Morgan fingerprint density at radius 2 is 2.00 bits per heavy atom. The van der Waals surface area contributed by atoms with Crippen molar-refractivity contribution < 1.29 is 15.0 Å². The van der Waals surface area contributed by atoms with Crippen LogP contribution in [-0.2, 0) is 4.79 Å². The van der Waals surface area contributed by atoms with Crippen molar-refractivity contribution in [2.75, 3.05) is 13.6 Å². The van der Waals surface area contributed by atoms with Crippen molar-refractivity contribution in [3.63, 3.8) is 0 Å². The van der Waals surface area contributed by atoms with E-state index in [-0.39, 0.29) is 17.7 Å². The van der Waals surface area contributed by atoms with Crippen molar-refractivity contribution in [3.05, 3.63) is 29.8 Å². The summed E-state index contributed by atoms with van der Waals surface area (Å²) < 4.78 is 0. The van der Waals surface area contributed by atoms with Crippen LogP contribution in [0.25, 0.3) is 0 Å². The molecule has 0 aliphatic carbocycles. The van der Waals surface area contributed by atoms with Crippen LogP contribution in [0.5, 0.6) is 5.75 Å². The highest BCUT2D eigenvalue weighted by Gasteiger charge is 2.34. The van der Waals surface area contributed by atoms with Crippen LogP contribution in [0.2, 0.25) is 0 Å². The van der Waals surface area contributed by atoms with E-state index in [1.807, 2.05) is 24.1 Å². The van der Waals surface area contributed by atoms with E-state index in [1.165, 1.54) is 0 Å². The summed E-state index contributed by atoms with van der Waals surface area (Å²) in [6, 6.07) is 7.11. The Hall–Kier alpha value is -1.55. The lowest BCUT2D eigenvalue weighted by Crippen LogP contribution is -2.20. The maximum Gasteiger partial charge on any atom is 0.307 e. The van der Waals surface area contributed by atoms with E-state index in [0.29, 0.717) is 13.0 Å². The molecule has 4 nitrogen and oxygen atoms in total. The molecule has 1 saturated heterocycles. The lowest BCUT2D eigenvalue weighted by atomic mass is 10.00. The van der Waals surface area contributed by atoms with Crippen molar-refractivity contribution in [2.24, 2.45) is 5.92 Å². The SMILES string of the molecule is CN1CC(C(=O)O)CC1c1ccc(O)cc1. The van der Waals surface area contributed by atoms with Crippen LogP contribution in [0.4, 0.5) is 0 Å². The lowest BCUT2D eigenvalue weighted by Gasteiger charge is -2.19. The lowest BCUT2D eigenvalue weighted by molar-refractivity contribution is -0.141. The van der Waals surface area contributed by atoms with E-state index < -0.39 is 5.97 Å². The minimum Gasteiger partial charge on any atom is -0.508 e. The van der Waals surface area contributed by atoms with Gasteiger partial charge < -0.3 is 10.2 Å². The van der Waals surface area contributed by atoms with E-state index in [9.17, 15) is 9.90 Å². The topological polar surface area (TPSA) is 60.8 Å². The highest BCUT2D eigenvalue weighted by atomic mass is 16.4. The van der Waals surface area contributed by atoms with Gasteiger partial charge in [-0.3, -0.25) is 9.69 Å². The second-order valence-electron chi connectivity index (χ2n) is 4.32. The Bertz CT molecular complexity index is 388. The van der Waals surface area contributed by atoms with Crippen LogP contribution in [0.1, 0.15) is 18.0 Å². The molecule has 2 unspecified atom stereocenters. The zero-order valence-corrected chi connectivity index (χ0v) is 9.13. The van der Waals surface area contributed by atoms with E-state index >= 15 is 0 Å². The number of carboxylic acids is 1. The van der Waals surface area contributed by atoms with Crippen molar-refractivity contribution in [3.8, 4) is 5.75 Å². The predicted molar refractivity (Wildman–Crippen MR) is 59.2 cm³/mol. The van der Waals surface area contributed by atoms with Crippen molar-refractivity contribution in [1.82, 2.24) is 4.90 Å². The quantitative estimate of drug-likeness (QED) is 0.794. The van der Waals surface area contributed by atoms with E-state index in [1.54, 1.807) is 12.1 Å². The largest absolute Gasteiger partial charge is 0.508 e. The molecule has 2 N–H and O–H groups in total. The van der Waals surface area contributed by atoms with Crippen molar-refractivity contribution in [1.29, 1.82) is 0 Å². The third-order valence-corrected chi connectivity index (χ3v) is 3.18. The van der Waals surface area contributed by atoms with Crippen LogP contribution < -0.4 is 0 Å². The first-order valence-electron chi connectivity index (χ1n) is 5.30. The Kier molecular flexibility index (Phi) is 2.83. The summed E-state index contributed by atoms with van der Waals surface area (Å²) in [4.78, 5) is 13.0. The molecule has 0 saturated carbocycles. The molecule has 1 aliphatic heterocycles. The van der Waals surface area contributed by atoms with Crippen molar-refractivity contribution >= 4 is 5.97 Å². The molecule has 1 aromatic carbocycles. The highest BCUT2D eigenvalue weighted by Crippen LogP contribution is 2.34. The van der Waals surface area contributed by atoms with Gasteiger partial charge in [-0.2, -0.15) is 0 Å². The molecular weight excluding hydrogens is 206 g/mol. The molecule has 0 amide bonds. The third kappa shape index (κ3) is 2.02. The molecule has 16 heavy (non-hydrogen) atoms. The Labute approximate surface area is 94.1 Å². The van der Waals surface area contributed by atoms with Gasteiger partial charge in [-0.05, 0) is 31.2 Å². The highest BCUT2D eigenvalue weighted by molar-refractivity contribution is 5.70. The number of carbonyl (C=O) groups is 1. The molecule has 1 fully saturated rings. The number of hydrogen-bond acceptors (Lipinski definition) is 3. The van der Waals surface area contributed by atoms with Crippen LogP contribution >= 0.6 is 0 Å². The monoisotopic (exact) mass is 221 g/mol. The van der Waals surface area contributed by atoms with Gasteiger partial charge in [0.1, 0.15) is 5.75 Å². The fraction of sp³-hybridized carbons (Fsp3) is 0.417. The number of aromatic hydroxyl groups is 1. The normalized spacial score (nSPS) is 25.8. The molecule has 0 radical (unpaired) electrons. The molecule has 2 atom stereocenters. The Balaban J connectivity index is 2.16. The summed E-state index contributed by atoms with van der Waals surface area (Å²) in [5, 5.41) is 18.2. The molecule has 0 aromatic heterocycles. The molecular formula is C12H15NO3. The maximum atomic E-state index is 10.9. The van der Waals surface area contributed by atoms with E-state index in [2.05, 4.69) is 0 Å². The van der Waals surface area contributed by atoms with Gasteiger partial charge in [-0.15, -0.1) is 0 Å². The van der Waals surface area contributed by atoms with E-state index in [0.717, 1.165) is 5.56 Å². The number of phenols is 1. The number of phenolic OH excluding ortho intramolecular Hbond substituents is 1. The van der Waals surface area contributed by atoms with Gasteiger partial charge in [0.15, 0.2) is 0 Å². The second-order valence-corrected chi connectivity index (χ2v) is 4.32. The number of rotatable bonds is 2. The fourth-order valence-electron chi connectivity index (χ4n) is 2.26. The predicted octanol–water partition coefficient (Wildman–Crippen LogP) is 1.47. The zero-order chi connectivity index (χ0) is 11.7. The van der Waals surface area contributed by atoms with Gasteiger partial charge in [-0.25, -0.2) is 0 Å². The summed E-state index contributed by atoms with van der Waals surface area (Å²) in [6.45, 7) is 0.584. The maximum absolute atomic E-state index is 10.9. The van der Waals surface area contributed by atoms with Gasteiger partial charge in [0.25, 0.3) is 0 Å². The number of likely N-dealkylation sites (tertiary alicyclic amines) is 1. The van der Waals surface area contributed by atoms with Crippen LogP contribution in [-0.4, -0.2) is 34.7 Å². The molecule has 2 rings (SSSR count). The summed E-state index contributed by atoms with van der Waals surface area (Å²) in [5.41, 5.74) is 1.06. The molecule has 86 valence electrons. The van der Waals surface area contributed by atoms with Gasteiger partial charge in [0.05, 0.1) is 5.92 Å². The summed E-state index contributed by atoms with van der Waals surface area (Å²) in [6.07, 6.45) is 0.636. The van der Waals surface area contributed by atoms with Gasteiger partial charge >= 0.3 is 5.97 Å². The number of benzene rings is 1. The standard InChI is InChI=1S/C12H15NO3/c1-13-7-9(12(15)16)6-11(13)8-2-4-10(14)5-3-8/h2-5,9,11,14H,6-7H2,1H3,(H,15,16).